The number of phenols is 1. The smallest absolute Gasteiger partial charge is 0.230 e. The molecule has 1 N–H and O–H groups in total. The lowest BCUT2D eigenvalue weighted by atomic mass is 9.96. The van der Waals surface area contributed by atoms with Crippen molar-refractivity contribution in [3.63, 3.8) is 0 Å². The lowest BCUT2D eigenvalue weighted by Gasteiger charge is -2.31. The van der Waals surface area contributed by atoms with E-state index in [1.807, 2.05) is 35.5 Å². The molecule has 1 aromatic heterocycles. The van der Waals surface area contributed by atoms with Crippen molar-refractivity contribution in [2.45, 2.75) is 31.7 Å². The molecule has 0 saturated carbocycles. The topological polar surface area (TPSA) is 53.4 Å². The number of aromatic nitrogens is 1. The van der Waals surface area contributed by atoms with Gasteiger partial charge in [0.2, 0.25) is 5.91 Å². The quantitative estimate of drug-likeness (QED) is 0.878. The molecule has 0 fully saturated rings. The van der Waals surface area contributed by atoms with E-state index in [0.717, 1.165) is 42.5 Å². The molecule has 2 heterocycles. The first-order chi connectivity index (χ1) is 10.7. The van der Waals surface area contributed by atoms with Crippen LogP contribution in [0.3, 0.4) is 0 Å². The Morgan fingerprint density at radius 3 is 3.00 bits per heavy atom. The second-order valence-corrected chi connectivity index (χ2v) is 6.10. The van der Waals surface area contributed by atoms with Crippen molar-refractivity contribution in [3.05, 3.63) is 58.9 Å². The van der Waals surface area contributed by atoms with Crippen LogP contribution in [0.2, 0.25) is 0 Å². The number of nitrogens with zero attached hydrogens (tertiary/aromatic N) is 2. The molecule has 22 heavy (non-hydrogen) atoms. The predicted octanol–water partition coefficient (Wildman–Crippen LogP) is 2.40. The molecule has 2 aliphatic rings. The number of phenolic OH excluding ortho intramolecular Hbond substituents is 1. The van der Waals surface area contributed by atoms with E-state index in [1.165, 1.54) is 5.56 Å². The Labute approximate surface area is 129 Å². The van der Waals surface area contributed by atoms with E-state index in [0.29, 0.717) is 6.54 Å². The summed E-state index contributed by atoms with van der Waals surface area (Å²) in [7, 11) is 0. The van der Waals surface area contributed by atoms with Gasteiger partial charge in [-0.1, -0.05) is 12.1 Å². The standard InChI is InChI=1S/C18H18N2O2/c21-16-3-1-2-13-4-5-15(17(13)16)18(22)20-9-7-12-6-8-19-10-14(12)11-20/h1-3,6,8,10,15,21H,4-5,7,9,11H2. The molecule has 0 bridgehead atoms. The van der Waals surface area contributed by atoms with Crippen molar-refractivity contribution in [2.75, 3.05) is 6.54 Å². The summed E-state index contributed by atoms with van der Waals surface area (Å²) < 4.78 is 0. The molecule has 112 valence electrons. The summed E-state index contributed by atoms with van der Waals surface area (Å²) in [5.41, 5.74) is 4.37. The molecule has 0 radical (unpaired) electrons. The zero-order valence-corrected chi connectivity index (χ0v) is 12.3. The SMILES string of the molecule is O=C(C1CCc2cccc(O)c21)N1CCc2ccncc2C1. The highest BCUT2D eigenvalue weighted by atomic mass is 16.3. The van der Waals surface area contributed by atoms with Gasteiger partial charge in [0.1, 0.15) is 5.75 Å². The highest BCUT2D eigenvalue weighted by molar-refractivity contribution is 5.86. The van der Waals surface area contributed by atoms with Crippen LogP contribution in [-0.4, -0.2) is 27.4 Å². The molecule has 1 amide bonds. The van der Waals surface area contributed by atoms with Crippen LogP contribution in [0.25, 0.3) is 0 Å². The first-order valence-electron chi connectivity index (χ1n) is 7.75. The molecular formula is C18H18N2O2. The van der Waals surface area contributed by atoms with Crippen molar-refractivity contribution in [3.8, 4) is 5.75 Å². The monoisotopic (exact) mass is 294 g/mol. The maximum Gasteiger partial charge on any atom is 0.230 e. The molecule has 1 aromatic carbocycles. The first-order valence-corrected chi connectivity index (χ1v) is 7.75. The van der Waals surface area contributed by atoms with Gasteiger partial charge >= 0.3 is 0 Å². The van der Waals surface area contributed by atoms with Crippen molar-refractivity contribution in [1.29, 1.82) is 0 Å². The molecule has 4 heteroatoms. The highest BCUT2D eigenvalue weighted by Crippen LogP contribution is 2.40. The van der Waals surface area contributed by atoms with Gasteiger partial charge in [0.15, 0.2) is 0 Å². The van der Waals surface area contributed by atoms with Crippen LogP contribution in [0.1, 0.15) is 34.6 Å². The third kappa shape index (κ3) is 2.06. The van der Waals surface area contributed by atoms with Gasteiger partial charge in [0.05, 0.1) is 5.92 Å². The van der Waals surface area contributed by atoms with E-state index in [4.69, 9.17) is 0 Å². The highest BCUT2D eigenvalue weighted by Gasteiger charge is 2.34. The van der Waals surface area contributed by atoms with Crippen molar-refractivity contribution >= 4 is 5.91 Å². The Morgan fingerprint density at radius 1 is 1.18 bits per heavy atom. The Kier molecular flexibility index (Phi) is 3.10. The van der Waals surface area contributed by atoms with Crippen molar-refractivity contribution in [2.24, 2.45) is 0 Å². The van der Waals surface area contributed by atoms with Crippen LogP contribution in [0.4, 0.5) is 0 Å². The second kappa shape index (κ2) is 5.13. The van der Waals surface area contributed by atoms with Gasteiger partial charge in [-0.15, -0.1) is 0 Å². The average molecular weight is 294 g/mol. The minimum absolute atomic E-state index is 0.134. The molecule has 4 rings (SSSR count). The molecule has 1 aliphatic carbocycles. The number of aryl methyl sites for hydroxylation is 1. The normalized spacial score (nSPS) is 19.6. The van der Waals surface area contributed by atoms with E-state index in [1.54, 1.807) is 6.07 Å². The number of benzene rings is 1. The summed E-state index contributed by atoms with van der Waals surface area (Å²) in [6, 6.07) is 7.58. The van der Waals surface area contributed by atoms with Crippen molar-refractivity contribution in [1.82, 2.24) is 9.88 Å². The molecule has 0 saturated heterocycles. The van der Waals surface area contributed by atoms with E-state index >= 15 is 0 Å². The molecular weight excluding hydrogens is 276 g/mol. The third-order valence-electron chi connectivity index (χ3n) is 4.85. The number of fused-ring (bicyclic) bond motifs is 2. The Bertz CT molecular complexity index is 742. The van der Waals surface area contributed by atoms with Crippen LogP contribution >= 0.6 is 0 Å². The van der Waals surface area contributed by atoms with Crippen LogP contribution in [0, 0.1) is 0 Å². The number of carbonyl (C=O) groups excluding carboxylic acids is 1. The summed E-state index contributed by atoms with van der Waals surface area (Å²) in [4.78, 5) is 19.0. The van der Waals surface area contributed by atoms with Gasteiger partial charge in [-0.25, -0.2) is 0 Å². The van der Waals surface area contributed by atoms with Gasteiger partial charge in [-0.2, -0.15) is 0 Å². The maximum absolute atomic E-state index is 12.9. The van der Waals surface area contributed by atoms with Crippen LogP contribution in [-0.2, 0) is 24.2 Å². The lowest BCUT2D eigenvalue weighted by Crippen LogP contribution is -2.38. The van der Waals surface area contributed by atoms with E-state index in [2.05, 4.69) is 4.98 Å². The molecule has 1 atom stereocenters. The van der Waals surface area contributed by atoms with Crippen LogP contribution in [0.5, 0.6) is 5.75 Å². The summed E-state index contributed by atoms with van der Waals surface area (Å²) >= 11 is 0. The van der Waals surface area contributed by atoms with Crippen LogP contribution in [0.15, 0.2) is 36.7 Å². The zero-order valence-electron chi connectivity index (χ0n) is 12.3. The minimum atomic E-state index is -0.200. The maximum atomic E-state index is 12.9. The number of hydrogen-bond donors (Lipinski definition) is 1. The van der Waals surface area contributed by atoms with Crippen LogP contribution < -0.4 is 0 Å². The number of pyridine rings is 1. The summed E-state index contributed by atoms with van der Waals surface area (Å²) in [5.74, 6) is 0.191. The van der Waals surface area contributed by atoms with Gasteiger partial charge < -0.3 is 10.0 Å². The van der Waals surface area contributed by atoms with Gasteiger partial charge in [-0.3, -0.25) is 9.78 Å². The molecule has 0 spiro atoms. The number of hydrogen-bond acceptors (Lipinski definition) is 3. The fraction of sp³-hybridized carbons (Fsp3) is 0.333. The third-order valence-corrected chi connectivity index (χ3v) is 4.85. The summed E-state index contributed by atoms with van der Waals surface area (Å²) in [6.45, 7) is 1.37. The van der Waals surface area contributed by atoms with E-state index < -0.39 is 0 Å². The van der Waals surface area contributed by atoms with E-state index in [9.17, 15) is 9.90 Å². The van der Waals surface area contributed by atoms with Gasteiger partial charge in [0, 0.05) is 31.0 Å². The molecule has 1 unspecified atom stereocenters. The number of carbonyl (C=O) groups is 1. The minimum Gasteiger partial charge on any atom is -0.508 e. The number of aromatic hydroxyl groups is 1. The van der Waals surface area contributed by atoms with Gasteiger partial charge in [0.25, 0.3) is 0 Å². The Morgan fingerprint density at radius 2 is 2.09 bits per heavy atom. The van der Waals surface area contributed by atoms with E-state index in [-0.39, 0.29) is 17.6 Å². The Hall–Kier alpha value is -2.36. The second-order valence-electron chi connectivity index (χ2n) is 6.10. The number of amides is 1. The fourth-order valence-corrected chi connectivity index (χ4v) is 3.70. The first kappa shape index (κ1) is 13.3. The fourth-order valence-electron chi connectivity index (χ4n) is 3.70. The molecule has 2 aromatic rings. The zero-order chi connectivity index (χ0) is 15.1. The molecule has 4 nitrogen and oxygen atoms in total. The van der Waals surface area contributed by atoms with Gasteiger partial charge in [-0.05, 0) is 48.1 Å². The molecule has 1 aliphatic heterocycles. The summed E-state index contributed by atoms with van der Waals surface area (Å²) in [5, 5.41) is 10.1. The summed E-state index contributed by atoms with van der Waals surface area (Å²) in [6.07, 6.45) is 6.20. The largest absolute Gasteiger partial charge is 0.508 e. The Balaban J connectivity index is 1.60. The average Bonchev–Trinajstić information content (AvgIpc) is 2.99. The number of rotatable bonds is 1. The lowest BCUT2D eigenvalue weighted by molar-refractivity contribution is -0.133. The van der Waals surface area contributed by atoms with Crippen molar-refractivity contribution < 1.29 is 9.90 Å². The predicted molar refractivity (Wildman–Crippen MR) is 82.5 cm³/mol.